The van der Waals surface area contributed by atoms with Crippen LogP contribution in [0.15, 0.2) is 10.7 Å². The number of alkyl carbamates (subject to hydrolysis) is 1. The smallest absolute Gasteiger partial charge is 0.407 e. The van der Waals surface area contributed by atoms with E-state index in [-0.39, 0.29) is 6.09 Å². The van der Waals surface area contributed by atoms with Crippen LogP contribution < -0.4 is 10.6 Å². The molecule has 2 rings (SSSR count). The Morgan fingerprint density at radius 3 is 3.11 bits per heavy atom. The van der Waals surface area contributed by atoms with Crippen LogP contribution in [0.5, 0.6) is 0 Å². The second-order valence-electron chi connectivity index (χ2n) is 5.65. The maximum absolute atomic E-state index is 11.6. The number of aromatic nitrogens is 2. The summed E-state index contributed by atoms with van der Waals surface area (Å²) in [5.41, 5.74) is -0.463. The highest BCUT2D eigenvalue weighted by atomic mass is 79.9. The Morgan fingerprint density at radius 1 is 1.68 bits per heavy atom. The molecular weight excluding hydrogens is 312 g/mol. The zero-order chi connectivity index (χ0) is 14.0. The van der Waals surface area contributed by atoms with E-state index in [4.69, 9.17) is 4.74 Å². The minimum absolute atomic E-state index is 0.298. The molecule has 2 heterocycles. The van der Waals surface area contributed by atoms with Crippen molar-refractivity contribution in [2.24, 2.45) is 5.92 Å². The fourth-order valence-electron chi connectivity index (χ4n) is 1.91. The lowest BCUT2D eigenvalue weighted by atomic mass is 10.1. The molecule has 0 saturated carbocycles. The fourth-order valence-corrected chi connectivity index (χ4v) is 2.34. The zero-order valence-corrected chi connectivity index (χ0v) is 13.0. The Bertz CT molecular complexity index is 467. The number of rotatable bonds is 2. The predicted octanol–water partition coefficient (Wildman–Crippen LogP) is 2.21. The first-order valence-electron chi connectivity index (χ1n) is 6.27. The number of carbonyl (C=O) groups excluding carboxylic acids is 1. The number of hydrogen-bond acceptors (Lipinski definition) is 4. The molecule has 19 heavy (non-hydrogen) atoms. The van der Waals surface area contributed by atoms with E-state index in [2.05, 4.69) is 31.7 Å². The number of hydrogen-bond donors (Lipinski definition) is 2. The molecule has 1 unspecified atom stereocenters. The lowest BCUT2D eigenvalue weighted by Gasteiger charge is -2.26. The van der Waals surface area contributed by atoms with Crippen LogP contribution in [0.3, 0.4) is 0 Å². The molecule has 0 aromatic carbocycles. The Balaban J connectivity index is 1.81. The second kappa shape index (κ2) is 5.40. The van der Waals surface area contributed by atoms with Gasteiger partial charge < -0.3 is 15.4 Å². The minimum atomic E-state index is -0.463. The molecule has 1 aromatic rings. The van der Waals surface area contributed by atoms with Crippen LogP contribution in [-0.4, -0.2) is 34.6 Å². The van der Waals surface area contributed by atoms with E-state index in [9.17, 15) is 4.79 Å². The number of fused-ring (bicyclic) bond motifs is 1. The normalized spacial score (nSPS) is 18.4. The molecule has 1 aromatic heterocycles. The molecule has 0 bridgehead atoms. The fraction of sp³-hybridized carbons (Fsp3) is 0.667. The highest BCUT2D eigenvalue weighted by Crippen LogP contribution is 2.25. The van der Waals surface area contributed by atoms with Crippen LogP contribution in [0.25, 0.3) is 0 Å². The summed E-state index contributed by atoms with van der Waals surface area (Å²) in [4.78, 5) is 11.6. The molecule has 106 valence electrons. The van der Waals surface area contributed by atoms with Crippen LogP contribution in [-0.2, 0) is 11.3 Å². The van der Waals surface area contributed by atoms with Gasteiger partial charge in [0.05, 0.1) is 10.7 Å². The highest BCUT2D eigenvalue weighted by molar-refractivity contribution is 9.10. The van der Waals surface area contributed by atoms with Crippen LogP contribution in [0.4, 0.5) is 10.6 Å². The van der Waals surface area contributed by atoms with E-state index >= 15 is 0 Å². The van der Waals surface area contributed by atoms with Gasteiger partial charge in [-0.3, -0.25) is 0 Å². The summed E-state index contributed by atoms with van der Waals surface area (Å²) in [7, 11) is 0. The number of amides is 1. The highest BCUT2D eigenvalue weighted by Gasteiger charge is 2.22. The van der Waals surface area contributed by atoms with Gasteiger partial charge in [-0.2, -0.15) is 5.10 Å². The van der Waals surface area contributed by atoms with Gasteiger partial charge in [0.1, 0.15) is 11.4 Å². The Morgan fingerprint density at radius 2 is 2.42 bits per heavy atom. The van der Waals surface area contributed by atoms with E-state index in [1.165, 1.54) is 0 Å². The summed E-state index contributed by atoms with van der Waals surface area (Å²) in [6, 6.07) is 0. The average molecular weight is 331 g/mol. The van der Waals surface area contributed by atoms with Crippen LogP contribution in [0, 0.1) is 5.92 Å². The number of anilines is 1. The number of halogens is 1. The molecule has 1 atom stereocenters. The maximum Gasteiger partial charge on any atom is 0.407 e. The van der Waals surface area contributed by atoms with Crippen molar-refractivity contribution >= 4 is 27.8 Å². The summed E-state index contributed by atoms with van der Waals surface area (Å²) in [6.45, 7) is 7.70. The summed E-state index contributed by atoms with van der Waals surface area (Å²) in [5, 5.41) is 10.3. The average Bonchev–Trinajstić information content (AvgIpc) is 2.66. The third kappa shape index (κ3) is 3.86. The van der Waals surface area contributed by atoms with Crippen molar-refractivity contribution in [1.82, 2.24) is 15.1 Å². The molecule has 0 saturated heterocycles. The molecule has 6 nitrogen and oxygen atoms in total. The summed E-state index contributed by atoms with van der Waals surface area (Å²) in [5.74, 6) is 1.29. The number of ether oxygens (including phenoxy) is 1. The molecule has 0 spiro atoms. The Labute approximate surface area is 121 Å². The number of nitrogens with one attached hydrogen (secondary N) is 2. The Kier molecular flexibility index (Phi) is 4.03. The topological polar surface area (TPSA) is 68.2 Å². The van der Waals surface area contributed by atoms with Crippen molar-refractivity contribution in [2.45, 2.75) is 32.9 Å². The first-order valence-corrected chi connectivity index (χ1v) is 7.06. The van der Waals surface area contributed by atoms with Gasteiger partial charge in [0.2, 0.25) is 0 Å². The van der Waals surface area contributed by atoms with Gasteiger partial charge in [-0.05, 0) is 36.7 Å². The van der Waals surface area contributed by atoms with Crippen molar-refractivity contribution in [1.29, 1.82) is 0 Å². The molecule has 0 fully saturated rings. The van der Waals surface area contributed by atoms with Crippen LogP contribution in [0.1, 0.15) is 20.8 Å². The Hall–Kier alpha value is -1.24. The maximum atomic E-state index is 11.6. The molecule has 1 aliphatic rings. The molecule has 1 aliphatic heterocycles. The first kappa shape index (κ1) is 14.2. The van der Waals surface area contributed by atoms with Gasteiger partial charge in [-0.25, -0.2) is 9.48 Å². The SMILES string of the molecule is CC(C)(C)OC(=O)NCC1CNc2c(Br)cnn2C1. The van der Waals surface area contributed by atoms with Crippen LogP contribution >= 0.6 is 15.9 Å². The largest absolute Gasteiger partial charge is 0.444 e. The number of carbonyl (C=O) groups is 1. The standard InChI is InChI=1S/C12H19BrN4O2/c1-12(2,3)19-11(18)15-5-8-4-14-10-9(13)6-16-17(10)7-8/h6,8,14H,4-5,7H2,1-3H3,(H,15,18). The van der Waals surface area contributed by atoms with Crippen molar-refractivity contribution < 1.29 is 9.53 Å². The number of nitrogens with zero attached hydrogens (tertiary/aromatic N) is 2. The lowest BCUT2D eigenvalue weighted by molar-refractivity contribution is 0.0518. The van der Waals surface area contributed by atoms with E-state index in [1.54, 1.807) is 6.20 Å². The molecular formula is C12H19BrN4O2. The van der Waals surface area contributed by atoms with E-state index in [0.29, 0.717) is 12.5 Å². The van der Waals surface area contributed by atoms with Crippen molar-refractivity contribution in [3.63, 3.8) is 0 Å². The van der Waals surface area contributed by atoms with E-state index < -0.39 is 5.60 Å². The summed E-state index contributed by atoms with van der Waals surface area (Å²) >= 11 is 3.43. The van der Waals surface area contributed by atoms with Gasteiger partial charge in [-0.15, -0.1) is 0 Å². The van der Waals surface area contributed by atoms with Crippen molar-refractivity contribution in [3.05, 3.63) is 10.7 Å². The zero-order valence-electron chi connectivity index (χ0n) is 11.4. The predicted molar refractivity (Wildman–Crippen MR) is 76.1 cm³/mol. The van der Waals surface area contributed by atoms with Gasteiger partial charge >= 0.3 is 6.09 Å². The van der Waals surface area contributed by atoms with Gasteiger partial charge in [0.15, 0.2) is 0 Å². The van der Waals surface area contributed by atoms with Gasteiger partial charge in [-0.1, -0.05) is 0 Å². The van der Waals surface area contributed by atoms with Crippen molar-refractivity contribution in [3.8, 4) is 0 Å². The minimum Gasteiger partial charge on any atom is -0.444 e. The van der Waals surface area contributed by atoms with E-state index in [1.807, 2.05) is 25.5 Å². The third-order valence-corrected chi connectivity index (χ3v) is 3.30. The first-order chi connectivity index (χ1) is 8.85. The lowest BCUT2D eigenvalue weighted by Crippen LogP contribution is -2.40. The molecule has 7 heteroatoms. The molecule has 2 N–H and O–H groups in total. The second-order valence-corrected chi connectivity index (χ2v) is 6.51. The third-order valence-electron chi connectivity index (χ3n) is 2.72. The molecule has 1 amide bonds. The van der Waals surface area contributed by atoms with Gasteiger partial charge in [0.25, 0.3) is 0 Å². The van der Waals surface area contributed by atoms with Gasteiger partial charge in [0, 0.05) is 25.6 Å². The molecule has 0 radical (unpaired) electrons. The van der Waals surface area contributed by atoms with E-state index in [0.717, 1.165) is 23.4 Å². The monoisotopic (exact) mass is 330 g/mol. The quantitative estimate of drug-likeness (QED) is 0.872. The van der Waals surface area contributed by atoms with Crippen molar-refractivity contribution in [2.75, 3.05) is 18.4 Å². The molecule has 0 aliphatic carbocycles. The van der Waals surface area contributed by atoms with Crippen LogP contribution in [0.2, 0.25) is 0 Å². The summed E-state index contributed by atoms with van der Waals surface area (Å²) < 4.78 is 8.06. The summed E-state index contributed by atoms with van der Waals surface area (Å²) in [6.07, 6.45) is 1.39.